The highest BCUT2D eigenvalue weighted by molar-refractivity contribution is 7.11. The summed E-state index contributed by atoms with van der Waals surface area (Å²) in [4.78, 5) is 22.7. The number of carboxylic acids is 1. The average molecular weight is 263 g/mol. The van der Waals surface area contributed by atoms with E-state index in [0.29, 0.717) is 12.2 Å². The van der Waals surface area contributed by atoms with Gasteiger partial charge >= 0.3 is 10.8 Å². The summed E-state index contributed by atoms with van der Waals surface area (Å²) in [5.41, 5.74) is 2.63. The summed E-state index contributed by atoms with van der Waals surface area (Å²) in [6.45, 7) is 4.06. The number of aromatic carboxylic acids is 1. The highest BCUT2D eigenvalue weighted by atomic mass is 32.1. The van der Waals surface area contributed by atoms with Gasteiger partial charge in [-0.2, -0.15) is 0 Å². The summed E-state index contributed by atoms with van der Waals surface area (Å²) in [6.07, 6.45) is 0. The molecule has 0 aliphatic carbocycles. The Morgan fingerprint density at radius 3 is 2.56 bits per heavy atom. The maximum absolute atomic E-state index is 11.8. The summed E-state index contributed by atoms with van der Waals surface area (Å²) >= 11 is 0.782. The zero-order chi connectivity index (χ0) is 13.3. The van der Waals surface area contributed by atoms with Gasteiger partial charge in [0.25, 0.3) is 0 Å². The number of hydrogen-bond donors (Lipinski definition) is 1. The summed E-state index contributed by atoms with van der Waals surface area (Å²) < 4.78 is 1.51. The Bertz CT molecular complexity index is 654. The zero-order valence-electron chi connectivity index (χ0n) is 10.1. The molecule has 94 valence electrons. The van der Waals surface area contributed by atoms with E-state index in [1.165, 1.54) is 4.57 Å². The predicted molar refractivity (Wildman–Crippen MR) is 70.6 cm³/mol. The molecule has 0 saturated heterocycles. The second-order valence-electron chi connectivity index (χ2n) is 4.10. The van der Waals surface area contributed by atoms with Crippen molar-refractivity contribution in [2.45, 2.75) is 20.4 Å². The molecule has 4 nitrogen and oxygen atoms in total. The summed E-state index contributed by atoms with van der Waals surface area (Å²) in [5, 5.41) is 8.98. The van der Waals surface area contributed by atoms with Crippen molar-refractivity contribution in [3.63, 3.8) is 0 Å². The standard InChI is InChI=1S/C13H13NO3S/c1-8-5-3-4-6-10(8)7-14-9(2)11(12(15)16)18-13(14)17/h3-6H,7H2,1-2H3,(H,15,16). The molecule has 1 heterocycles. The topological polar surface area (TPSA) is 59.3 Å². The van der Waals surface area contributed by atoms with E-state index in [-0.39, 0.29) is 9.75 Å². The second kappa shape index (κ2) is 4.78. The van der Waals surface area contributed by atoms with E-state index >= 15 is 0 Å². The highest BCUT2D eigenvalue weighted by Crippen LogP contribution is 2.15. The Morgan fingerprint density at radius 2 is 2.00 bits per heavy atom. The van der Waals surface area contributed by atoms with Crippen LogP contribution in [0.4, 0.5) is 0 Å². The van der Waals surface area contributed by atoms with Crippen molar-refractivity contribution in [2.75, 3.05) is 0 Å². The van der Waals surface area contributed by atoms with Crippen LogP contribution < -0.4 is 4.87 Å². The van der Waals surface area contributed by atoms with E-state index in [4.69, 9.17) is 5.11 Å². The minimum atomic E-state index is -1.04. The van der Waals surface area contributed by atoms with Gasteiger partial charge < -0.3 is 5.11 Å². The lowest BCUT2D eigenvalue weighted by atomic mass is 10.1. The molecule has 2 rings (SSSR count). The molecule has 2 aromatic rings. The SMILES string of the molecule is Cc1ccccc1Cn1c(C)c(C(=O)O)sc1=O. The molecular formula is C13H13NO3S. The number of hydrogen-bond acceptors (Lipinski definition) is 3. The lowest BCUT2D eigenvalue weighted by Crippen LogP contribution is -2.16. The first-order valence-electron chi connectivity index (χ1n) is 5.48. The first kappa shape index (κ1) is 12.6. The Labute approximate surface area is 108 Å². The highest BCUT2D eigenvalue weighted by Gasteiger charge is 2.16. The van der Waals surface area contributed by atoms with Crippen LogP contribution in [0.5, 0.6) is 0 Å². The Hall–Kier alpha value is -1.88. The van der Waals surface area contributed by atoms with Crippen LogP contribution >= 0.6 is 11.3 Å². The van der Waals surface area contributed by atoms with Gasteiger partial charge in [0.2, 0.25) is 0 Å². The third kappa shape index (κ3) is 2.22. The fourth-order valence-corrected chi connectivity index (χ4v) is 2.65. The van der Waals surface area contributed by atoms with Crippen LogP contribution in [0.3, 0.4) is 0 Å². The first-order valence-corrected chi connectivity index (χ1v) is 6.30. The third-order valence-electron chi connectivity index (χ3n) is 2.93. The third-order valence-corrected chi connectivity index (χ3v) is 4.00. The van der Waals surface area contributed by atoms with Crippen LogP contribution in [-0.4, -0.2) is 15.6 Å². The van der Waals surface area contributed by atoms with Gasteiger partial charge in [0, 0.05) is 5.69 Å². The van der Waals surface area contributed by atoms with E-state index in [1.54, 1.807) is 6.92 Å². The Balaban J connectivity index is 2.45. The maximum atomic E-state index is 11.8. The molecule has 5 heteroatoms. The summed E-state index contributed by atoms with van der Waals surface area (Å²) in [6, 6.07) is 7.76. The van der Waals surface area contributed by atoms with Crippen LogP contribution in [0.15, 0.2) is 29.1 Å². The smallest absolute Gasteiger partial charge is 0.347 e. The van der Waals surface area contributed by atoms with Crippen LogP contribution in [0.1, 0.15) is 26.5 Å². The molecule has 1 aromatic heterocycles. The van der Waals surface area contributed by atoms with Gasteiger partial charge in [-0.15, -0.1) is 0 Å². The fourth-order valence-electron chi connectivity index (χ4n) is 1.82. The molecule has 1 N–H and O–H groups in total. The molecule has 18 heavy (non-hydrogen) atoms. The van der Waals surface area contributed by atoms with Gasteiger partial charge in [-0.05, 0) is 25.0 Å². The molecule has 0 atom stereocenters. The molecule has 0 radical (unpaired) electrons. The van der Waals surface area contributed by atoms with E-state index in [2.05, 4.69) is 0 Å². The second-order valence-corrected chi connectivity index (χ2v) is 5.06. The molecule has 0 aliphatic heterocycles. The van der Waals surface area contributed by atoms with Crippen molar-refractivity contribution < 1.29 is 9.90 Å². The lowest BCUT2D eigenvalue weighted by molar-refractivity contribution is 0.0701. The van der Waals surface area contributed by atoms with Gasteiger partial charge in [-0.3, -0.25) is 9.36 Å². The van der Waals surface area contributed by atoms with Gasteiger partial charge in [0.15, 0.2) is 0 Å². The Morgan fingerprint density at radius 1 is 1.33 bits per heavy atom. The normalized spacial score (nSPS) is 10.6. The van der Waals surface area contributed by atoms with Crippen LogP contribution in [0.2, 0.25) is 0 Å². The van der Waals surface area contributed by atoms with E-state index < -0.39 is 5.97 Å². The predicted octanol–water partition coefficient (Wildman–Crippen LogP) is 2.27. The number of carboxylic acid groups (broad SMARTS) is 1. The van der Waals surface area contributed by atoms with Crippen molar-refractivity contribution >= 4 is 17.3 Å². The molecular weight excluding hydrogens is 250 g/mol. The quantitative estimate of drug-likeness (QED) is 0.924. The van der Waals surface area contributed by atoms with Crippen molar-refractivity contribution in [2.24, 2.45) is 0 Å². The lowest BCUT2D eigenvalue weighted by Gasteiger charge is -2.07. The number of thiazole rings is 1. The molecule has 0 saturated carbocycles. The minimum absolute atomic E-state index is 0.119. The van der Waals surface area contributed by atoms with Gasteiger partial charge in [-0.25, -0.2) is 4.79 Å². The van der Waals surface area contributed by atoms with Crippen LogP contribution in [0.25, 0.3) is 0 Å². The largest absolute Gasteiger partial charge is 0.477 e. The van der Waals surface area contributed by atoms with Crippen LogP contribution in [0, 0.1) is 13.8 Å². The van der Waals surface area contributed by atoms with E-state index in [0.717, 1.165) is 22.5 Å². The molecule has 0 unspecified atom stereocenters. The Kier molecular flexibility index (Phi) is 3.34. The number of benzene rings is 1. The number of nitrogens with zero attached hydrogens (tertiary/aromatic N) is 1. The number of aryl methyl sites for hydroxylation is 1. The van der Waals surface area contributed by atoms with Crippen molar-refractivity contribution in [3.8, 4) is 0 Å². The summed E-state index contributed by atoms with van der Waals surface area (Å²) in [5.74, 6) is -1.04. The molecule has 0 spiro atoms. The van der Waals surface area contributed by atoms with Crippen molar-refractivity contribution in [3.05, 3.63) is 55.6 Å². The minimum Gasteiger partial charge on any atom is -0.477 e. The zero-order valence-corrected chi connectivity index (χ0v) is 11.0. The van der Waals surface area contributed by atoms with E-state index in [1.807, 2.05) is 31.2 Å². The number of rotatable bonds is 3. The van der Waals surface area contributed by atoms with Gasteiger partial charge in [0.05, 0.1) is 6.54 Å². The molecule has 0 fully saturated rings. The van der Waals surface area contributed by atoms with Gasteiger partial charge in [0.1, 0.15) is 4.88 Å². The number of carbonyl (C=O) groups is 1. The maximum Gasteiger partial charge on any atom is 0.347 e. The summed E-state index contributed by atoms with van der Waals surface area (Å²) in [7, 11) is 0. The molecule has 0 bridgehead atoms. The van der Waals surface area contributed by atoms with Crippen LogP contribution in [-0.2, 0) is 6.54 Å². The fraction of sp³-hybridized carbons (Fsp3) is 0.231. The number of aromatic nitrogens is 1. The monoisotopic (exact) mass is 263 g/mol. The van der Waals surface area contributed by atoms with Crippen molar-refractivity contribution in [1.82, 2.24) is 4.57 Å². The average Bonchev–Trinajstić information content (AvgIpc) is 2.60. The first-order chi connectivity index (χ1) is 8.50. The van der Waals surface area contributed by atoms with Gasteiger partial charge in [-0.1, -0.05) is 35.6 Å². The van der Waals surface area contributed by atoms with E-state index in [9.17, 15) is 9.59 Å². The molecule has 1 aromatic carbocycles. The molecule has 0 aliphatic rings. The molecule has 0 amide bonds. The van der Waals surface area contributed by atoms with Crippen molar-refractivity contribution in [1.29, 1.82) is 0 Å².